The molecule has 2 rings (SSSR count). The Balaban J connectivity index is 1.86. The Bertz CT molecular complexity index is 354. The summed E-state index contributed by atoms with van der Waals surface area (Å²) in [5.74, 6) is 1.51. The third-order valence-electron chi connectivity index (χ3n) is 3.91. The number of benzene rings is 1. The summed E-state index contributed by atoms with van der Waals surface area (Å²) in [6.45, 7) is 4.62. The van der Waals surface area contributed by atoms with Crippen LogP contribution in [0.2, 0.25) is 0 Å². The number of rotatable bonds is 3. The second-order valence-electron chi connectivity index (χ2n) is 5.51. The van der Waals surface area contributed by atoms with Crippen LogP contribution in [0.4, 0.5) is 10.1 Å². The quantitative estimate of drug-likeness (QED) is 0.816. The molecule has 1 N–H and O–H groups in total. The molecule has 0 aliphatic heterocycles. The van der Waals surface area contributed by atoms with Gasteiger partial charge in [0.1, 0.15) is 5.82 Å². The van der Waals surface area contributed by atoms with Crippen molar-refractivity contribution in [2.75, 3.05) is 5.32 Å². The highest BCUT2D eigenvalue weighted by Gasteiger charge is 2.22. The summed E-state index contributed by atoms with van der Waals surface area (Å²) in [7, 11) is 0. The summed E-state index contributed by atoms with van der Waals surface area (Å²) in [6, 6.07) is 7.29. The minimum atomic E-state index is -0.161. The first-order valence-electron chi connectivity index (χ1n) is 6.67. The number of hydrogen-bond acceptors (Lipinski definition) is 1. The van der Waals surface area contributed by atoms with E-state index in [1.807, 2.05) is 6.07 Å². The second kappa shape index (κ2) is 5.52. The molecule has 1 saturated carbocycles. The van der Waals surface area contributed by atoms with E-state index in [1.165, 1.54) is 31.7 Å². The van der Waals surface area contributed by atoms with Crippen LogP contribution in [0.1, 0.15) is 39.5 Å². The van der Waals surface area contributed by atoms with Crippen molar-refractivity contribution in [2.24, 2.45) is 11.8 Å². The van der Waals surface area contributed by atoms with E-state index in [9.17, 15) is 4.39 Å². The Kier molecular flexibility index (Phi) is 4.03. The first kappa shape index (κ1) is 12.4. The zero-order valence-corrected chi connectivity index (χ0v) is 10.7. The van der Waals surface area contributed by atoms with Gasteiger partial charge in [-0.25, -0.2) is 4.39 Å². The smallest absolute Gasteiger partial charge is 0.125 e. The highest BCUT2D eigenvalue weighted by atomic mass is 19.1. The predicted molar refractivity (Wildman–Crippen MR) is 70.6 cm³/mol. The molecule has 0 atom stereocenters. The zero-order chi connectivity index (χ0) is 12.3. The van der Waals surface area contributed by atoms with Gasteiger partial charge in [-0.05, 0) is 55.7 Å². The monoisotopic (exact) mass is 235 g/mol. The molecule has 1 nitrogen and oxygen atoms in total. The van der Waals surface area contributed by atoms with Crippen molar-refractivity contribution in [1.82, 2.24) is 0 Å². The van der Waals surface area contributed by atoms with Gasteiger partial charge < -0.3 is 5.32 Å². The van der Waals surface area contributed by atoms with E-state index in [-0.39, 0.29) is 5.82 Å². The third-order valence-corrected chi connectivity index (χ3v) is 3.91. The summed E-state index contributed by atoms with van der Waals surface area (Å²) >= 11 is 0. The molecule has 94 valence electrons. The van der Waals surface area contributed by atoms with Crippen LogP contribution in [0, 0.1) is 17.7 Å². The van der Waals surface area contributed by atoms with Gasteiger partial charge in [-0.3, -0.25) is 0 Å². The first-order valence-corrected chi connectivity index (χ1v) is 6.67. The van der Waals surface area contributed by atoms with Crippen LogP contribution in [0.5, 0.6) is 0 Å². The Morgan fingerprint density at radius 3 is 2.47 bits per heavy atom. The van der Waals surface area contributed by atoms with E-state index in [0.717, 1.165) is 17.5 Å². The fourth-order valence-electron chi connectivity index (χ4n) is 2.74. The Labute approximate surface area is 103 Å². The molecule has 0 radical (unpaired) electrons. The molecule has 0 bridgehead atoms. The van der Waals surface area contributed by atoms with E-state index in [4.69, 9.17) is 0 Å². The van der Waals surface area contributed by atoms with Crippen LogP contribution < -0.4 is 5.32 Å². The average molecular weight is 235 g/mol. The molecular weight excluding hydrogens is 213 g/mol. The molecule has 17 heavy (non-hydrogen) atoms. The number of nitrogens with one attached hydrogen (secondary N) is 1. The van der Waals surface area contributed by atoms with Crippen molar-refractivity contribution < 1.29 is 4.39 Å². The largest absolute Gasteiger partial charge is 0.382 e. The van der Waals surface area contributed by atoms with Crippen molar-refractivity contribution in [3.8, 4) is 0 Å². The Morgan fingerprint density at radius 1 is 1.18 bits per heavy atom. The van der Waals surface area contributed by atoms with Crippen LogP contribution in [-0.2, 0) is 0 Å². The van der Waals surface area contributed by atoms with Gasteiger partial charge in [0.15, 0.2) is 0 Å². The molecule has 1 aliphatic rings. The van der Waals surface area contributed by atoms with Crippen molar-refractivity contribution >= 4 is 5.69 Å². The molecule has 0 saturated heterocycles. The van der Waals surface area contributed by atoms with E-state index < -0.39 is 0 Å². The molecule has 1 aromatic rings. The first-order chi connectivity index (χ1) is 8.15. The molecule has 0 spiro atoms. The molecule has 1 aromatic carbocycles. The van der Waals surface area contributed by atoms with Crippen LogP contribution >= 0.6 is 0 Å². The van der Waals surface area contributed by atoms with Crippen LogP contribution in [0.25, 0.3) is 0 Å². The van der Waals surface area contributed by atoms with E-state index >= 15 is 0 Å². The molecule has 0 unspecified atom stereocenters. The highest BCUT2D eigenvalue weighted by Crippen LogP contribution is 2.31. The maximum Gasteiger partial charge on any atom is 0.125 e. The fraction of sp³-hybridized carbons (Fsp3) is 0.600. The second-order valence-corrected chi connectivity index (χ2v) is 5.51. The molecule has 1 aliphatic carbocycles. The van der Waals surface area contributed by atoms with Crippen LogP contribution in [-0.4, -0.2) is 6.04 Å². The summed E-state index contributed by atoms with van der Waals surface area (Å²) in [4.78, 5) is 0. The summed E-state index contributed by atoms with van der Waals surface area (Å²) in [5, 5.41) is 3.44. The molecule has 0 amide bonds. The van der Waals surface area contributed by atoms with Crippen LogP contribution in [0.15, 0.2) is 24.3 Å². The number of anilines is 1. The average Bonchev–Trinajstić information content (AvgIpc) is 2.29. The molecule has 1 fully saturated rings. The van der Waals surface area contributed by atoms with Gasteiger partial charge in [-0.2, -0.15) is 0 Å². The van der Waals surface area contributed by atoms with Crippen molar-refractivity contribution in [1.29, 1.82) is 0 Å². The van der Waals surface area contributed by atoms with Gasteiger partial charge in [-0.15, -0.1) is 0 Å². The van der Waals surface area contributed by atoms with E-state index in [0.29, 0.717) is 6.04 Å². The minimum Gasteiger partial charge on any atom is -0.382 e. The van der Waals surface area contributed by atoms with Crippen molar-refractivity contribution in [3.63, 3.8) is 0 Å². The lowest BCUT2D eigenvalue weighted by molar-refractivity contribution is 0.267. The number of hydrogen-bond donors (Lipinski definition) is 1. The van der Waals surface area contributed by atoms with Gasteiger partial charge >= 0.3 is 0 Å². The van der Waals surface area contributed by atoms with E-state index in [2.05, 4.69) is 19.2 Å². The van der Waals surface area contributed by atoms with Crippen molar-refractivity contribution in [3.05, 3.63) is 30.1 Å². The summed E-state index contributed by atoms with van der Waals surface area (Å²) in [6.07, 6.45) is 5.01. The standard InChI is InChI=1S/C15H22FN/c1-11(2)12-6-8-14(9-7-12)17-15-5-3-4-13(16)10-15/h3-5,10-12,14,17H,6-9H2,1-2H3. The molecule has 0 heterocycles. The molecular formula is C15H22FN. The van der Waals surface area contributed by atoms with Crippen LogP contribution in [0.3, 0.4) is 0 Å². The summed E-state index contributed by atoms with van der Waals surface area (Å²) < 4.78 is 13.0. The SMILES string of the molecule is CC(C)C1CCC(Nc2cccc(F)c2)CC1. The maximum atomic E-state index is 13.0. The maximum absolute atomic E-state index is 13.0. The highest BCUT2D eigenvalue weighted by molar-refractivity contribution is 5.44. The van der Waals surface area contributed by atoms with Gasteiger partial charge in [0.05, 0.1) is 0 Å². The zero-order valence-electron chi connectivity index (χ0n) is 10.7. The molecule has 2 heteroatoms. The number of halogens is 1. The topological polar surface area (TPSA) is 12.0 Å². The summed E-state index contributed by atoms with van der Waals surface area (Å²) in [5.41, 5.74) is 0.915. The lowest BCUT2D eigenvalue weighted by Crippen LogP contribution is -2.27. The van der Waals surface area contributed by atoms with E-state index in [1.54, 1.807) is 12.1 Å². The minimum absolute atomic E-state index is 0.161. The fourth-order valence-corrected chi connectivity index (χ4v) is 2.74. The lowest BCUT2D eigenvalue weighted by atomic mass is 9.79. The normalized spacial score (nSPS) is 24.9. The Hall–Kier alpha value is -1.05. The molecule has 0 aromatic heterocycles. The van der Waals surface area contributed by atoms with Gasteiger partial charge in [0.25, 0.3) is 0 Å². The third kappa shape index (κ3) is 3.45. The van der Waals surface area contributed by atoms with Crippen molar-refractivity contribution in [2.45, 2.75) is 45.6 Å². The van der Waals surface area contributed by atoms with Gasteiger partial charge in [0, 0.05) is 11.7 Å². The Morgan fingerprint density at radius 2 is 1.88 bits per heavy atom. The lowest BCUT2D eigenvalue weighted by Gasteiger charge is -2.31. The van der Waals surface area contributed by atoms with Gasteiger partial charge in [0.2, 0.25) is 0 Å². The van der Waals surface area contributed by atoms with Gasteiger partial charge in [-0.1, -0.05) is 19.9 Å². The predicted octanol–water partition coefficient (Wildman–Crippen LogP) is 4.45.